The van der Waals surface area contributed by atoms with Crippen molar-refractivity contribution in [1.29, 1.82) is 0 Å². The summed E-state index contributed by atoms with van der Waals surface area (Å²) in [7, 11) is -3.86. The Morgan fingerprint density at radius 3 is 2.39 bits per heavy atom. The van der Waals surface area contributed by atoms with E-state index in [9.17, 15) is 21.6 Å². The third-order valence-electron chi connectivity index (χ3n) is 4.59. The molecule has 31 heavy (non-hydrogen) atoms. The van der Waals surface area contributed by atoms with E-state index in [1.807, 2.05) is 30.3 Å². The van der Waals surface area contributed by atoms with Crippen LogP contribution in [0.1, 0.15) is 11.1 Å². The van der Waals surface area contributed by atoms with Crippen LogP contribution in [0.2, 0.25) is 0 Å². The van der Waals surface area contributed by atoms with Crippen LogP contribution in [0.5, 0.6) is 0 Å². The number of hydrogen-bond donors (Lipinski definition) is 1. The van der Waals surface area contributed by atoms with E-state index in [2.05, 4.69) is 15.1 Å². The van der Waals surface area contributed by atoms with Crippen LogP contribution in [0.4, 0.5) is 19.0 Å². The molecule has 0 saturated heterocycles. The average molecular weight is 447 g/mol. The van der Waals surface area contributed by atoms with Gasteiger partial charge in [0.15, 0.2) is 5.65 Å². The van der Waals surface area contributed by atoms with Crippen molar-refractivity contribution in [2.45, 2.75) is 17.9 Å². The molecule has 0 saturated carbocycles. The highest BCUT2D eigenvalue weighted by atomic mass is 32.2. The van der Waals surface area contributed by atoms with E-state index in [4.69, 9.17) is 5.73 Å². The molecule has 0 atom stereocenters. The largest absolute Gasteiger partial charge is 0.416 e. The van der Waals surface area contributed by atoms with Gasteiger partial charge in [0.05, 0.1) is 23.2 Å². The highest BCUT2D eigenvalue weighted by Gasteiger charge is 2.31. The van der Waals surface area contributed by atoms with Crippen LogP contribution in [-0.4, -0.2) is 34.4 Å². The number of nitrogen functional groups attached to an aromatic ring is 1. The van der Waals surface area contributed by atoms with Crippen molar-refractivity contribution in [3.63, 3.8) is 0 Å². The fourth-order valence-corrected chi connectivity index (χ4v) is 3.64. The maximum Gasteiger partial charge on any atom is 0.416 e. The third kappa shape index (κ3) is 4.08. The zero-order valence-electron chi connectivity index (χ0n) is 16.1. The topological polar surface area (TPSA) is 104 Å². The van der Waals surface area contributed by atoms with E-state index < -0.39 is 26.7 Å². The second-order valence-corrected chi connectivity index (χ2v) is 8.84. The van der Waals surface area contributed by atoms with Crippen LogP contribution in [0.25, 0.3) is 22.3 Å². The van der Waals surface area contributed by atoms with Gasteiger partial charge in [0.1, 0.15) is 5.82 Å². The first kappa shape index (κ1) is 20.8. The van der Waals surface area contributed by atoms with Gasteiger partial charge in [0.2, 0.25) is 15.0 Å². The van der Waals surface area contributed by atoms with Crippen molar-refractivity contribution in [3.05, 3.63) is 65.7 Å². The van der Waals surface area contributed by atoms with E-state index in [0.29, 0.717) is 0 Å². The summed E-state index contributed by atoms with van der Waals surface area (Å²) in [5, 5.41) is 3.93. The minimum absolute atomic E-state index is 0.0173. The number of rotatable bonds is 4. The highest BCUT2D eigenvalue weighted by Crippen LogP contribution is 2.35. The van der Waals surface area contributed by atoms with Gasteiger partial charge in [-0.15, -0.1) is 5.10 Å². The van der Waals surface area contributed by atoms with Crippen LogP contribution < -0.4 is 5.73 Å². The lowest BCUT2D eigenvalue weighted by atomic mass is 10.1. The number of nitrogens with two attached hydrogens (primary N) is 1. The Labute approximate surface area is 175 Å². The Bertz CT molecular complexity index is 1380. The normalized spacial score (nSPS) is 12.4. The van der Waals surface area contributed by atoms with Gasteiger partial charge in [-0.05, 0) is 17.7 Å². The molecule has 160 valence electrons. The Hall–Kier alpha value is -3.47. The molecule has 2 heterocycles. The zero-order chi connectivity index (χ0) is 22.4. The standard InChI is InChI=1S/C20H16F3N5O2S/c1-31(29,30)19-25-16(13-8-5-9-14(10-13)20(21,22)23)15-17(24)28(27-18(15)26-19)11-12-6-3-2-4-7-12/h2-10H,11,24H2,1H3. The van der Waals surface area contributed by atoms with E-state index in [0.717, 1.165) is 24.0 Å². The maximum absolute atomic E-state index is 13.2. The van der Waals surface area contributed by atoms with Gasteiger partial charge in [-0.1, -0.05) is 42.5 Å². The molecular weight excluding hydrogens is 431 g/mol. The van der Waals surface area contributed by atoms with Crippen LogP contribution in [0.3, 0.4) is 0 Å². The fourth-order valence-electron chi connectivity index (χ4n) is 3.13. The number of anilines is 1. The Balaban J connectivity index is 1.97. The summed E-state index contributed by atoms with van der Waals surface area (Å²) in [5.74, 6) is 0.117. The summed E-state index contributed by atoms with van der Waals surface area (Å²) >= 11 is 0. The summed E-state index contributed by atoms with van der Waals surface area (Å²) in [6.07, 6.45) is -3.67. The van der Waals surface area contributed by atoms with Crippen molar-refractivity contribution < 1.29 is 21.6 Å². The molecule has 2 N–H and O–H groups in total. The van der Waals surface area contributed by atoms with Gasteiger partial charge in [-0.2, -0.15) is 18.2 Å². The monoisotopic (exact) mass is 447 g/mol. The molecule has 0 unspecified atom stereocenters. The molecule has 0 bridgehead atoms. The lowest BCUT2D eigenvalue weighted by Crippen LogP contribution is -2.07. The molecule has 7 nitrogen and oxygen atoms in total. The molecular formula is C20H16F3N5O2S. The quantitative estimate of drug-likeness (QED) is 0.480. The highest BCUT2D eigenvalue weighted by molar-refractivity contribution is 7.90. The van der Waals surface area contributed by atoms with Crippen molar-refractivity contribution in [2.75, 3.05) is 12.0 Å². The predicted molar refractivity (Wildman–Crippen MR) is 109 cm³/mol. The Morgan fingerprint density at radius 1 is 1.03 bits per heavy atom. The molecule has 11 heteroatoms. The lowest BCUT2D eigenvalue weighted by molar-refractivity contribution is -0.137. The molecule has 0 amide bonds. The first-order valence-electron chi connectivity index (χ1n) is 8.99. The zero-order valence-corrected chi connectivity index (χ0v) is 16.9. The smallest absolute Gasteiger partial charge is 0.383 e. The minimum Gasteiger partial charge on any atom is -0.383 e. The molecule has 0 aliphatic rings. The van der Waals surface area contributed by atoms with Crippen molar-refractivity contribution in [3.8, 4) is 11.3 Å². The number of hydrogen-bond acceptors (Lipinski definition) is 6. The fraction of sp³-hybridized carbons (Fsp3) is 0.150. The maximum atomic E-state index is 13.2. The number of alkyl halides is 3. The SMILES string of the molecule is CS(=O)(=O)c1nc(-c2cccc(C(F)(F)F)c2)c2c(N)n(Cc3ccccc3)nc2n1. The number of halogens is 3. The lowest BCUT2D eigenvalue weighted by Gasteiger charge is -2.10. The summed E-state index contributed by atoms with van der Waals surface area (Å²) in [4.78, 5) is 8.04. The van der Waals surface area contributed by atoms with Gasteiger partial charge in [0.25, 0.3) is 0 Å². The average Bonchev–Trinajstić information content (AvgIpc) is 3.02. The summed E-state index contributed by atoms with van der Waals surface area (Å²) in [6, 6.07) is 13.7. The van der Waals surface area contributed by atoms with Crippen LogP contribution in [0, 0.1) is 0 Å². The molecule has 2 aromatic heterocycles. The van der Waals surface area contributed by atoms with E-state index in [-0.39, 0.29) is 34.7 Å². The van der Waals surface area contributed by atoms with Crippen LogP contribution in [0.15, 0.2) is 59.8 Å². The minimum atomic E-state index is -4.58. The number of benzene rings is 2. The Kier molecular flexibility index (Phi) is 4.92. The van der Waals surface area contributed by atoms with E-state index in [1.165, 1.54) is 16.8 Å². The van der Waals surface area contributed by atoms with Gasteiger partial charge in [-0.3, -0.25) is 0 Å². The van der Waals surface area contributed by atoms with E-state index in [1.54, 1.807) is 0 Å². The van der Waals surface area contributed by atoms with Crippen LogP contribution >= 0.6 is 0 Å². The number of fused-ring (bicyclic) bond motifs is 1. The summed E-state index contributed by atoms with van der Waals surface area (Å²) < 4.78 is 65.3. The molecule has 4 rings (SSSR count). The number of nitrogens with zero attached hydrogens (tertiary/aromatic N) is 4. The first-order valence-corrected chi connectivity index (χ1v) is 10.9. The predicted octanol–water partition coefficient (Wildman–Crippen LogP) is 3.55. The van der Waals surface area contributed by atoms with E-state index >= 15 is 0 Å². The van der Waals surface area contributed by atoms with Gasteiger partial charge >= 0.3 is 6.18 Å². The molecule has 0 spiro atoms. The number of sulfone groups is 1. The Morgan fingerprint density at radius 2 is 1.74 bits per heavy atom. The van der Waals surface area contributed by atoms with Crippen LogP contribution in [-0.2, 0) is 22.6 Å². The van der Waals surface area contributed by atoms with Gasteiger partial charge < -0.3 is 5.73 Å². The molecule has 0 fully saturated rings. The first-order chi connectivity index (χ1) is 14.5. The molecule has 0 aliphatic carbocycles. The van der Waals surface area contributed by atoms with Gasteiger partial charge in [0, 0.05) is 11.8 Å². The summed E-state index contributed by atoms with van der Waals surface area (Å²) in [5.41, 5.74) is 6.24. The second kappa shape index (κ2) is 7.34. The van der Waals surface area contributed by atoms with Crippen molar-refractivity contribution in [1.82, 2.24) is 19.7 Å². The second-order valence-electron chi connectivity index (χ2n) is 6.93. The summed E-state index contributed by atoms with van der Waals surface area (Å²) in [6.45, 7) is 0.263. The van der Waals surface area contributed by atoms with Crippen molar-refractivity contribution >= 4 is 26.7 Å². The molecule has 2 aromatic carbocycles. The third-order valence-corrected chi connectivity index (χ3v) is 5.44. The molecule has 0 radical (unpaired) electrons. The van der Waals surface area contributed by atoms with Gasteiger partial charge in [-0.25, -0.2) is 18.1 Å². The molecule has 4 aromatic rings. The van der Waals surface area contributed by atoms with Crippen molar-refractivity contribution in [2.24, 2.45) is 0 Å². The number of aromatic nitrogens is 4. The molecule has 0 aliphatic heterocycles.